The van der Waals surface area contributed by atoms with Gasteiger partial charge in [-0.05, 0) is 48.6 Å². The zero-order valence-corrected chi connectivity index (χ0v) is 16.2. The van der Waals surface area contributed by atoms with Crippen molar-refractivity contribution in [2.75, 3.05) is 33.4 Å². The third-order valence-corrected chi connectivity index (χ3v) is 5.06. The van der Waals surface area contributed by atoms with Gasteiger partial charge in [-0.2, -0.15) is 0 Å². The normalized spacial score (nSPS) is 15.7. The summed E-state index contributed by atoms with van der Waals surface area (Å²) in [6.07, 6.45) is 1.08. The van der Waals surface area contributed by atoms with Gasteiger partial charge in [0.15, 0.2) is 0 Å². The molecule has 6 heteroatoms. The number of hydrogen-bond acceptors (Lipinski definition) is 4. The van der Waals surface area contributed by atoms with Gasteiger partial charge in [-0.1, -0.05) is 30.3 Å². The van der Waals surface area contributed by atoms with Crippen molar-refractivity contribution >= 4 is 6.03 Å². The van der Waals surface area contributed by atoms with Crippen LogP contribution in [0.15, 0.2) is 54.6 Å². The van der Waals surface area contributed by atoms with Gasteiger partial charge >= 0.3 is 6.03 Å². The standard InChI is InChI=1S/C22H27N2O4/c1-27-19-7-9-20(10-8-19)28-16-13-23-22(26)24-14-11-18(12-15-24)21(25)17-5-3-2-4-6-17/h2-10,18,21,25H,11-16H2,1H3. The lowest BCUT2D eigenvalue weighted by molar-refractivity contribution is 0.0663. The minimum absolute atomic E-state index is 0.171. The van der Waals surface area contributed by atoms with E-state index in [9.17, 15) is 9.90 Å². The summed E-state index contributed by atoms with van der Waals surface area (Å²) in [6, 6.07) is 16.8. The molecule has 1 aliphatic heterocycles. The Bertz CT molecular complexity index is 728. The fraction of sp³-hybridized carbons (Fsp3) is 0.409. The summed E-state index contributed by atoms with van der Waals surface area (Å²) in [5, 5.41) is 14.6. The van der Waals surface area contributed by atoms with Gasteiger partial charge in [0.1, 0.15) is 18.1 Å². The van der Waals surface area contributed by atoms with E-state index >= 15 is 0 Å². The van der Waals surface area contributed by atoms with Crippen molar-refractivity contribution in [3.8, 4) is 11.5 Å². The van der Waals surface area contributed by atoms with Gasteiger partial charge in [0, 0.05) is 13.1 Å². The molecule has 2 aromatic carbocycles. The number of benzene rings is 2. The quantitative estimate of drug-likeness (QED) is 0.745. The van der Waals surface area contributed by atoms with Crippen LogP contribution < -0.4 is 14.8 Å². The fourth-order valence-electron chi connectivity index (χ4n) is 3.41. The molecule has 0 saturated carbocycles. The van der Waals surface area contributed by atoms with Gasteiger partial charge < -0.3 is 19.5 Å². The molecule has 1 radical (unpaired) electrons. The zero-order chi connectivity index (χ0) is 19.8. The van der Waals surface area contributed by atoms with E-state index < -0.39 is 6.10 Å². The van der Waals surface area contributed by atoms with Crippen LogP contribution in [0, 0.1) is 5.92 Å². The number of aliphatic hydroxyl groups excluding tert-OH is 1. The minimum Gasteiger partial charge on any atom is -0.497 e. The maximum absolute atomic E-state index is 12.3. The highest BCUT2D eigenvalue weighted by molar-refractivity contribution is 5.73. The van der Waals surface area contributed by atoms with E-state index in [0.29, 0.717) is 26.2 Å². The van der Waals surface area contributed by atoms with Crippen LogP contribution in [-0.2, 0) is 0 Å². The molecule has 1 saturated heterocycles. The zero-order valence-electron chi connectivity index (χ0n) is 16.2. The van der Waals surface area contributed by atoms with Crippen LogP contribution in [0.1, 0.15) is 24.5 Å². The van der Waals surface area contributed by atoms with Gasteiger partial charge in [0.05, 0.1) is 19.8 Å². The van der Waals surface area contributed by atoms with E-state index in [-0.39, 0.29) is 11.9 Å². The molecule has 6 nitrogen and oxygen atoms in total. The molecule has 2 aromatic rings. The first kappa shape index (κ1) is 20.0. The van der Waals surface area contributed by atoms with Crippen LogP contribution in [-0.4, -0.2) is 49.4 Å². The Morgan fingerprint density at radius 1 is 1.11 bits per heavy atom. The summed E-state index contributed by atoms with van der Waals surface area (Å²) in [5.74, 6) is 1.66. The molecule has 1 fully saturated rings. The van der Waals surface area contributed by atoms with Crippen molar-refractivity contribution in [1.82, 2.24) is 10.2 Å². The second kappa shape index (κ2) is 9.99. The van der Waals surface area contributed by atoms with Crippen molar-refractivity contribution < 1.29 is 19.4 Å². The van der Waals surface area contributed by atoms with Crippen molar-refractivity contribution in [2.45, 2.75) is 18.9 Å². The molecule has 1 heterocycles. The lowest BCUT2D eigenvalue weighted by Gasteiger charge is -2.33. The van der Waals surface area contributed by atoms with Gasteiger partial charge in [-0.15, -0.1) is 0 Å². The van der Waals surface area contributed by atoms with E-state index in [2.05, 4.69) is 5.32 Å². The van der Waals surface area contributed by atoms with Crippen molar-refractivity contribution in [2.24, 2.45) is 5.92 Å². The molecule has 1 unspecified atom stereocenters. The summed E-state index contributed by atoms with van der Waals surface area (Å²) in [4.78, 5) is 14.0. The first-order valence-electron chi connectivity index (χ1n) is 9.63. The van der Waals surface area contributed by atoms with Crippen LogP contribution in [0.5, 0.6) is 11.5 Å². The van der Waals surface area contributed by atoms with E-state index in [4.69, 9.17) is 9.47 Å². The molecule has 0 aromatic heterocycles. The van der Waals surface area contributed by atoms with Crippen LogP contribution in [0.25, 0.3) is 0 Å². The second-order valence-corrected chi connectivity index (χ2v) is 6.87. The van der Waals surface area contributed by atoms with Crippen molar-refractivity contribution in [1.29, 1.82) is 0 Å². The monoisotopic (exact) mass is 383 g/mol. The maximum atomic E-state index is 12.3. The molecule has 2 amide bonds. The van der Waals surface area contributed by atoms with Gasteiger partial charge in [0.25, 0.3) is 0 Å². The Hall–Kier alpha value is -2.73. The highest BCUT2D eigenvalue weighted by atomic mass is 16.5. The molecule has 149 valence electrons. The second-order valence-electron chi connectivity index (χ2n) is 6.87. The Balaban J connectivity index is 1.35. The molecule has 0 spiro atoms. The third-order valence-electron chi connectivity index (χ3n) is 5.06. The Kier molecular flexibility index (Phi) is 7.14. The minimum atomic E-state index is -0.478. The molecule has 3 rings (SSSR count). The average molecular weight is 383 g/mol. The number of likely N-dealkylation sites (tertiary alicyclic amines) is 1. The van der Waals surface area contributed by atoms with Gasteiger partial charge in [-0.25, -0.2) is 10.1 Å². The van der Waals surface area contributed by atoms with Crippen LogP contribution in [0.3, 0.4) is 0 Å². The summed E-state index contributed by atoms with van der Waals surface area (Å²) in [7, 11) is 1.62. The number of hydrogen-bond donors (Lipinski definition) is 1. The Labute approximate surface area is 166 Å². The molecule has 1 aliphatic rings. The first-order valence-corrected chi connectivity index (χ1v) is 9.63. The molecule has 28 heavy (non-hydrogen) atoms. The number of aliphatic hydroxyl groups is 1. The molecular formula is C22H27N2O4. The largest absolute Gasteiger partial charge is 0.497 e. The fourth-order valence-corrected chi connectivity index (χ4v) is 3.41. The molecular weight excluding hydrogens is 356 g/mol. The number of rotatable bonds is 7. The summed E-state index contributed by atoms with van der Waals surface area (Å²) in [5.41, 5.74) is 0.938. The number of amides is 2. The number of carbonyl (C=O) groups is 1. The first-order chi connectivity index (χ1) is 13.7. The van der Waals surface area contributed by atoms with E-state index in [0.717, 1.165) is 29.9 Å². The van der Waals surface area contributed by atoms with Crippen LogP contribution in [0.2, 0.25) is 0 Å². The predicted octanol–water partition coefficient (Wildman–Crippen LogP) is 3.24. The maximum Gasteiger partial charge on any atom is 0.339 e. The average Bonchev–Trinajstić information content (AvgIpc) is 2.77. The van der Waals surface area contributed by atoms with Gasteiger partial charge in [-0.3, -0.25) is 0 Å². The molecule has 0 bridgehead atoms. The van der Waals surface area contributed by atoms with E-state index in [1.54, 1.807) is 12.0 Å². The summed E-state index contributed by atoms with van der Waals surface area (Å²) in [6.45, 7) is 1.91. The van der Waals surface area contributed by atoms with Crippen molar-refractivity contribution in [3.63, 3.8) is 0 Å². The van der Waals surface area contributed by atoms with Crippen molar-refractivity contribution in [3.05, 3.63) is 60.2 Å². The number of ether oxygens (including phenoxy) is 2. The van der Waals surface area contributed by atoms with Gasteiger partial charge in [0.2, 0.25) is 0 Å². The predicted molar refractivity (Wildman–Crippen MR) is 107 cm³/mol. The highest BCUT2D eigenvalue weighted by Gasteiger charge is 2.28. The summed E-state index contributed by atoms with van der Waals surface area (Å²) < 4.78 is 10.7. The molecule has 1 N–H and O–H groups in total. The Morgan fingerprint density at radius 3 is 2.39 bits per heavy atom. The van der Waals surface area contributed by atoms with E-state index in [1.165, 1.54) is 0 Å². The SMILES string of the molecule is COc1ccc(OCC[N]C(=O)N2CCC(C(O)c3ccccc3)CC2)cc1. The number of nitrogens with zero attached hydrogens (tertiary/aromatic N) is 2. The summed E-state index contributed by atoms with van der Waals surface area (Å²) >= 11 is 0. The molecule has 0 aliphatic carbocycles. The molecule has 1 atom stereocenters. The number of piperidine rings is 1. The van der Waals surface area contributed by atoms with Crippen LogP contribution >= 0.6 is 0 Å². The smallest absolute Gasteiger partial charge is 0.339 e. The number of urea groups is 1. The highest BCUT2D eigenvalue weighted by Crippen LogP contribution is 2.30. The van der Waals surface area contributed by atoms with Crippen LogP contribution in [0.4, 0.5) is 4.79 Å². The lowest BCUT2D eigenvalue weighted by Crippen LogP contribution is -2.43. The topological polar surface area (TPSA) is 73.1 Å². The number of carbonyl (C=O) groups excluding carboxylic acids is 1. The Morgan fingerprint density at radius 2 is 1.75 bits per heavy atom. The lowest BCUT2D eigenvalue weighted by atomic mass is 9.87. The third kappa shape index (κ3) is 5.39. The van der Waals surface area contributed by atoms with E-state index in [1.807, 2.05) is 54.6 Å². The number of methoxy groups -OCH3 is 1.